The number of urea groups is 1. The lowest BCUT2D eigenvalue weighted by molar-refractivity contribution is -0.131. The van der Waals surface area contributed by atoms with Crippen molar-refractivity contribution < 1.29 is 14.3 Å². The number of para-hydroxylation sites is 1. The maximum absolute atomic E-state index is 12.8. The molecule has 29 heavy (non-hydrogen) atoms. The quantitative estimate of drug-likeness (QED) is 0.672. The second-order valence-corrected chi connectivity index (χ2v) is 6.74. The molecule has 1 saturated heterocycles. The van der Waals surface area contributed by atoms with E-state index in [1.807, 2.05) is 59.5 Å². The van der Waals surface area contributed by atoms with Crippen molar-refractivity contribution in [1.29, 1.82) is 0 Å². The molecular formula is C21H27ClN4O3. The Balaban J connectivity index is 0.00000300. The molecule has 0 bridgehead atoms. The molecule has 0 saturated carbocycles. The first-order chi connectivity index (χ1) is 13.6. The van der Waals surface area contributed by atoms with E-state index in [-0.39, 0.29) is 24.7 Å². The molecule has 3 rings (SSSR count). The number of nitrogens with zero attached hydrogens (tertiary/aromatic N) is 1. The SMILES string of the molecule is Cl.NC(=O)NC(CC(=O)N1CCCNCC1)c1cccc(Oc2ccccc2)c1. The van der Waals surface area contributed by atoms with Crippen LogP contribution >= 0.6 is 12.4 Å². The first-order valence-corrected chi connectivity index (χ1v) is 9.49. The van der Waals surface area contributed by atoms with Crippen molar-refractivity contribution in [3.63, 3.8) is 0 Å². The first-order valence-electron chi connectivity index (χ1n) is 9.49. The summed E-state index contributed by atoms with van der Waals surface area (Å²) in [6.07, 6.45) is 1.07. The summed E-state index contributed by atoms with van der Waals surface area (Å²) >= 11 is 0. The number of carbonyl (C=O) groups excluding carboxylic acids is 2. The number of primary amides is 1. The van der Waals surface area contributed by atoms with Crippen molar-refractivity contribution in [3.8, 4) is 11.5 Å². The van der Waals surface area contributed by atoms with Crippen molar-refractivity contribution >= 4 is 24.3 Å². The predicted molar refractivity (Wildman–Crippen MR) is 114 cm³/mol. The van der Waals surface area contributed by atoms with Crippen LogP contribution in [0.5, 0.6) is 11.5 Å². The fourth-order valence-electron chi connectivity index (χ4n) is 3.24. The van der Waals surface area contributed by atoms with Crippen LogP contribution in [0.2, 0.25) is 0 Å². The molecule has 1 atom stereocenters. The molecule has 0 aliphatic carbocycles. The van der Waals surface area contributed by atoms with Gasteiger partial charge in [-0.2, -0.15) is 0 Å². The van der Waals surface area contributed by atoms with Gasteiger partial charge in [0, 0.05) is 19.6 Å². The predicted octanol–water partition coefficient (Wildman–Crippen LogP) is 2.82. The highest BCUT2D eigenvalue weighted by Gasteiger charge is 2.22. The Morgan fingerprint density at radius 3 is 2.59 bits per heavy atom. The van der Waals surface area contributed by atoms with Crippen molar-refractivity contribution in [1.82, 2.24) is 15.5 Å². The molecule has 0 aromatic heterocycles. The van der Waals surface area contributed by atoms with Crippen molar-refractivity contribution in [2.45, 2.75) is 18.9 Å². The smallest absolute Gasteiger partial charge is 0.312 e. The maximum Gasteiger partial charge on any atom is 0.312 e. The van der Waals surface area contributed by atoms with Crippen LogP contribution in [0.15, 0.2) is 54.6 Å². The molecule has 2 aromatic rings. The fraction of sp³-hybridized carbons (Fsp3) is 0.333. The Labute approximate surface area is 177 Å². The highest BCUT2D eigenvalue weighted by molar-refractivity contribution is 5.85. The summed E-state index contributed by atoms with van der Waals surface area (Å²) in [6.45, 7) is 3.07. The van der Waals surface area contributed by atoms with Gasteiger partial charge in [-0.3, -0.25) is 4.79 Å². The van der Waals surface area contributed by atoms with Gasteiger partial charge in [-0.05, 0) is 42.8 Å². The molecule has 7 nitrogen and oxygen atoms in total. The zero-order chi connectivity index (χ0) is 19.8. The third kappa shape index (κ3) is 6.96. The molecule has 1 aliphatic heterocycles. The van der Waals surface area contributed by atoms with Crippen LogP contribution in [0, 0.1) is 0 Å². The van der Waals surface area contributed by atoms with E-state index in [0.717, 1.165) is 25.1 Å². The van der Waals surface area contributed by atoms with Gasteiger partial charge in [0.2, 0.25) is 5.91 Å². The molecule has 8 heteroatoms. The molecule has 1 heterocycles. The van der Waals surface area contributed by atoms with Gasteiger partial charge in [0.1, 0.15) is 11.5 Å². The Morgan fingerprint density at radius 1 is 1.07 bits per heavy atom. The third-order valence-electron chi connectivity index (χ3n) is 4.63. The molecule has 4 N–H and O–H groups in total. The Kier molecular flexibility index (Phi) is 8.76. The van der Waals surface area contributed by atoms with Gasteiger partial charge in [-0.25, -0.2) is 4.79 Å². The van der Waals surface area contributed by atoms with Gasteiger partial charge in [-0.1, -0.05) is 30.3 Å². The lowest BCUT2D eigenvalue weighted by Crippen LogP contribution is -2.39. The summed E-state index contributed by atoms with van der Waals surface area (Å²) in [4.78, 5) is 26.1. The number of hydrogen-bond acceptors (Lipinski definition) is 4. The first kappa shape index (κ1) is 22.5. The number of amides is 3. The van der Waals surface area contributed by atoms with Gasteiger partial charge in [0.25, 0.3) is 0 Å². The summed E-state index contributed by atoms with van der Waals surface area (Å²) < 4.78 is 5.86. The van der Waals surface area contributed by atoms with E-state index in [1.54, 1.807) is 0 Å². The highest BCUT2D eigenvalue weighted by atomic mass is 35.5. The average molecular weight is 419 g/mol. The topological polar surface area (TPSA) is 96.7 Å². The zero-order valence-electron chi connectivity index (χ0n) is 16.2. The molecule has 3 amide bonds. The number of carbonyl (C=O) groups is 2. The lowest BCUT2D eigenvalue weighted by atomic mass is 10.0. The molecule has 156 valence electrons. The van der Waals surface area contributed by atoms with Crippen molar-refractivity contribution in [2.24, 2.45) is 5.73 Å². The third-order valence-corrected chi connectivity index (χ3v) is 4.63. The molecule has 0 spiro atoms. The Morgan fingerprint density at radius 2 is 1.83 bits per heavy atom. The molecule has 0 radical (unpaired) electrons. The standard InChI is InChI=1S/C21H26N4O3.ClH/c22-21(27)24-19(15-20(26)25-12-5-10-23-11-13-25)16-6-4-9-18(14-16)28-17-7-2-1-3-8-17;/h1-4,6-9,14,19,23H,5,10-13,15H2,(H3,22,24,27);1H. The summed E-state index contributed by atoms with van der Waals surface area (Å²) in [5.41, 5.74) is 6.13. The summed E-state index contributed by atoms with van der Waals surface area (Å²) in [5, 5.41) is 5.97. The van der Waals surface area contributed by atoms with Crippen LogP contribution in [0.4, 0.5) is 4.79 Å². The van der Waals surface area contributed by atoms with Crippen molar-refractivity contribution in [3.05, 3.63) is 60.2 Å². The summed E-state index contributed by atoms with van der Waals surface area (Å²) in [7, 11) is 0. The van der Waals surface area contributed by atoms with Crippen LogP contribution in [0.3, 0.4) is 0 Å². The minimum atomic E-state index is -0.662. The van der Waals surface area contributed by atoms with E-state index >= 15 is 0 Å². The van der Waals surface area contributed by atoms with Crippen LogP contribution in [-0.4, -0.2) is 43.0 Å². The summed E-state index contributed by atoms with van der Waals surface area (Å²) in [6, 6.07) is 15.6. The number of nitrogens with one attached hydrogen (secondary N) is 2. The fourth-order valence-corrected chi connectivity index (χ4v) is 3.24. The molecule has 1 aliphatic rings. The molecular weight excluding hydrogens is 392 g/mol. The molecule has 1 unspecified atom stereocenters. The van der Waals surface area contributed by atoms with E-state index in [9.17, 15) is 9.59 Å². The average Bonchev–Trinajstić information content (AvgIpc) is 2.98. The van der Waals surface area contributed by atoms with Gasteiger partial charge >= 0.3 is 6.03 Å². The largest absolute Gasteiger partial charge is 0.457 e. The van der Waals surface area contributed by atoms with E-state index in [0.29, 0.717) is 24.6 Å². The minimum absolute atomic E-state index is 0. The van der Waals surface area contributed by atoms with E-state index in [4.69, 9.17) is 10.5 Å². The van der Waals surface area contributed by atoms with E-state index < -0.39 is 12.1 Å². The highest BCUT2D eigenvalue weighted by Crippen LogP contribution is 2.26. The van der Waals surface area contributed by atoms with Gasteiger partial charge in [0.05, 0.1) is 12.5 Å². The number of halogens is 1. The van der Waals surface area contributed by atoms with Crippen LogP contribution < -0.4 is 21.1 Å². The maximum atomic E-state index is 12.8. The summed E-state index contributed by atoms with van der Waals surface area (Å²) in [5.74, 6) is 1.34. The van der Waals surface area contributed by atoms with Crippen molar-refractivity contribution in [2.75, 3.05) is 26.2 Å². The monoisotopic (exact) mass is 418 g/mol. The van der Waals surface area contributed by atoms with Gasteiger partial charge in [0.15, 0.2) is 0 Å². The van der Waals surface area contributed by atoms with Crippen LogP contribution in [-0.2, 0) is 4.79 Å². The number of benzene rings is 2. The lowest BCUT2D eigenvalue weighted by Gasteiger charge is -2.24. The van der Waals surface area contributed by atoms with E-state index in [1.165, 1.54) is 0 Å². The number of hydrogen-bond donors (Lipinski definition) is 3. The Hall–Kier alpha value is -2.77. The second-order valence-electron chi connectivity index (χ2n) is 6.74. The molecule has 1 fully saturated rings. The van der Waals surface area contributed by atoms with Crippen LogP contribution in [0.1, 0.15) is 24.4 Å². The normalized spacial score (nSPS) is 14.8. The molecule has 2 aromatic carbocycles. The van der Waals surface area contributed by atoms with Crippen LogP contribution in [0.25, 0.3) is 0 Å². The number of ether oxygens (including phenoxy) is 1. The van der Waals surface area contributed by atoms with E-state index in [2.05, 4.69) is 10.6 Å². The Bertz CT molecular complexity index is 796. The van der Waals surface area contributed by atoms with Gasteiger partial charge in [-0.15, -0.1) is 12.4 Å². The zero-order valence-corrected chi connectivity index (χ0v) is 17.0. The number of rotatable bonds is 6. The number of nitrogens with two attached hydrogens (primary N) is 1. The minimum Gasteiger partial charge on any atom is -0.457 e. The van der Waals surface area contributed by atoms with Gasteiger partial charge < -0.3 is 26.0 Å². The second kappa shape index (κ2) is 11.3.